The van der Waals surface area contributed by atoms with Crippen molar-refractivity contribution in [2.45, 2.75) is 26.0 Å². The Kier molecular flexibility index (Phi) is 4.03. The van der Waals surface area contributed by atoms with Crippen molar-refractivity contribution in [2.24, 2.45) is 13.0 Å². The fraction of sp³-hybridized carbons (Fsp3) is 0.500. The van der Waals surface area contributed by atoms with E-state index in [9.17, 15) is 5.11 Å². The Labute approximate surface area is 125 Å². The molecule has 0 aliphatic carbocycles. The number of benzene rings is 1. The van der Waals surface area contributed by atoms with E-state index >= 15 is 0 Å². The van der Waals surface area contributed by atoms with Crippen molar-refractivity contribution in [3.63, 3.8) is 0 Å². The largest absolute Gasteiger partial charge is 0.393 e. The zero-order chi connectivity index (χ0) is 14.8. The molecule has 0 radical (unpaired) electrons. The molecule has 2 unspecified atom stereocenters. The first kappa shape index (κ1) is 14.2. The minimum absolute atomic E-state index is 0.227. The van der Waals surface area contributed by atoms with E-state index in [0.29, 0.717) is 5.92 Å². The lowest BCUT2D eigenvalue weighted by atomic mass is 10.0. The van der Waals surface area contributed by atoms with Gasteiger partial charge in [0, 0.05) is 19.2 Å². The molecule has 1 aliphatic heterocycles. The van der Waals surface area contributed by atoms with Gasteiger partial charge in [-0.15, -0.1) is 10.2 Å². The molecule has 2 heterocycles. The van der Waals surface area contributed by atoms with Gasteiger partial charge in [-0.1, -0.05) is 30.3 Å². The Bertz CT molecular complexity index is 594. The number of likely N-dealkylation sites (tertiary alicyclic amines) is 1. The van der Waals surface area contributed by atoms with Crippen LogP contribution in [0.4, 0.5) is 0 Å². The lowest BCUT2D eigenvalue weighted by molar-refractivity contribution is 0.127. The van der Waals surface area contributed by atoms with Crippen molar-refractivity contribution in [3.05, 3.63) is 36.2 Å². The lowest BCUT2D eigenvalue weighted by Crippen LogP contribution is -2.25. The smallest absolute Gasteiger partial charge is 0.163 e. The van der Waals surface area contributed by atoms with E-state index in [4.69, 9.17) is 0 Å². The average Bonchev–Trinajstić information content (AvgIpc) is 3.09. The lowest BCUT2D eigenvalue weighted by Gasteiger charge is -2.16. The van der Waals surface area contributed by atoms with Crippen LogP contribution in [0.15, 0.2) is 30.3 Å². The summed E-state index contributed by atoms with van der Waals surface area (Å²) in [5, 5.41) is 18.3. The molecule has 3 rings (SSSR count). The van der Waals surface area contributed by atoms with Crippen LogP contribution in [0.25, 0.3) is 11.4 Å². The van der Waals surface area contributed by atoms with Gasteiger partial charge in [0.15, 0.2) is 5.82 Å². The number of aliphatic hydroxyl groups is 1. The van der Waals surface area contributed by atoms with E-state index in [1.165, 1.54) is 0 Å². The summed E-state index contributed by atoms with van der Waals surface area (Å²) in [5.41, 5.74) is 1.09. The van der Waals surface area contributed by atoms with Crippen molar-refractivity contribution >= 4 is 0 Å². The molecule has 1 aliphatic rings. The van der Waals surface area contributed by atoms with E-state index < -0.39 is 0 Å². The maximum Gasteiger partial charge on any atom is 0.163 e. The summed E-state index contributed by atoms with van der Waals surface area (Å²) < 4.78 is 2.06. The van der Waals surface area contributed by atoms with Crippen molar-refractivity contribution in [1.29, 1.82) is 0 Å². The summed E-state index contributed by atoms with van der Waals surface area (Å²) in [7, 11) is 2.01. The molecule has 1 fully saturated rings. The Morgan fingerprint density at radius 2 is 2.05 bits per heavy atom. The molecular formula is C16H22N4O. The minimum atomic E-state index is -0.227. The first-order valence-corrected chi connectivity index (χ1v) is 7.49. The molecule has 1 N–H and O–H groups in total. The van der Waals surface area contributed by atoms with Gasteiger partial charge in [-0.05, 0) is 25.8 Å². The molecule has 1 saturated heterocycles. The Morgan fingerprint density at radius 3 is 2.71 bits per heavy atom. The molecule has 2 aromatic rings. The molecule has 0 spiro atoms. The molecule has 112 valence electrons. The standard InChI is InChI=1S/C16H22N4O/c1-12(21)14-8-9-20(10-14)11-15-17-18-16(19(15)2)13-6-4-3-5-7-13/h3-7,12,14,21H,8-11H2,1-2H3. The summed E-state index contributed by atoms with van der Waals surface area (Å²) in [6.07, 6.45) is 0.829. The fourth-order valence-electron chi connectivity index (χ4n) is 2.94. The maximum atomic E-state index is 9.68. The first-order chi connectivity index (χ1) is 10.1. The van der Waals surface area contributed by atoms with Crippen LogP contribution in [-0.2, 0) is 13.6 Å². The summed E-state index contributed by atoms with van der Waals surface area (Å²) in [5.74, 6) is 2.25. The van der Waals surface area contributed by atoms with Gasteiger partial charge >= 0.3 is 0 Å². The highest BCUT2D eigenvalue weighted by Gasteiger charge is 2.27. The quantitative estimate of drug-likeness (QED) is 0.929. The number of hydrogen-bond donors (Lipinski definition) is 1. The van der Waals surface area contributed by atoms with Crippen LogP contribution in [0.2, 0.25) is 0 Å². The van der Waals surface area contributed by atoms with Crippen molar-refractivity contribution in [3.8, 4) is 11.4 Å². The van der Waals surface area contributed by atoms with Gasteiger partial charge < -0.3 is 9.67 Å². The Morgan fingerprint density at radius 1 is 1.29 bits per heavy atom. The van der Waals surface area contributed by atoms with Gasteiger partial charge in [0.1, 0.15) is 5.82 Å². The third-order valence-corrected chi connectivity index (χ3v) is 4.35. The Hall–Kier alpha value is -1.72. The summed E-state index contributed by atoms with van der Waals surface area (Å²) in [4.78, 5) is 2.34. The van der Waals surface area contributed by atoms with Gasteiger partial charge in [-0.3, -0.25) is 4.90 Å². The van der Waals surface area contributed by atoms with E-state index in [1.807, 2.05) is 44.3 Å². The highest BCUT2D eigenvalue weighted by molar-refractivity contribution is 5.54. The van der Waals surface area contributed by atoms with E-state index in [2.05, 4.69) is 19.7 Å². The molecule has 5 heteroatoms. The predicted octanol–water partition coefficient (Wildman–Crippen LogP) is 1.68. The third kappa shape index (κ3) is 2.99. The minimum Gasteiger partial charge on any atom is -0.393 e. The summed E-state index contributed by atoms with van der Waals surface area (Å²) in [6.45, 7) is 4.62. The number of rotatable bonds is 4. The van der Waals surface area contributed by atoms with E-state index in [1.54, 1.807) is 0 Å². The molecule has 5 nitrogen and oxygen atoms in total. The summed E-state index contributed by atoms with van der Waals surface area (Å²) in [6, 6.07) is 10.1. The second-order valence-electron chi connectivity index (χ2n) is 5.89. The average molecular weight is 286 g/mol. The molecule has 21 heavy (non-hydrogen) atoms. The molecule has 0 saturated carbocycles. The van der Waals surface area contributed by atoms with Crippen LogP contribution in [0.1, 0.15) is 19.2 Å². The van der Waals surface area contributed by atoms with Crippen LogP contribution in [0.3, 0.4) is 0 Å². The van der Waals surface area contributed by atoms with Crippen LogP contribution in [0.5, 0.6) is 0 Å². The highest BCUT2D eigenvalue weighted by Crippen LogP contribution is 2.22. The van der Waals surface area contributed by atoms with Gasteiger partial charge in [0.2, 0.25) is 0 Å². The predicted molar refractivity (Wildman–Crippen MR) is 81.5 cm³/mol. The Balaban J connectivity index is 1.72. The summed E-state index contributed by atoms with van der Waals surface area (Å²) >= 11 is 0. The van der Waals surface area contributed by atoms with Crippen molar-refractivity contribution in [2.75, 3.05) is 13.1 Å². The van der Waals surface area contributed by atoms with Crippen LogP contribution < -0.4 is 0 Å². The molecule has 0 amide bonds. The second kappa shape index (κ2) is 5.95. The van der Waals surface area contributed by atoms with Crippen molar-refractivity contribution < 1.29 is 5.11 Å². The highest BCUT2D eigenvalue weighted by atomic mass is 16.3. The molecule has 0 bridgehead atoms. The van der Waals surface area contributed by atoms with E-state index in [0.717, 1.165) is 43.3 Å². The third-order valence-electron chi connectivity index (χ3n) is 4.35. The van der Waals surface area contributed by atoms with Gasteiger partial charge in [0.25, 0.3) is 0 Å². The monoisotopic (exact) mass is 286 g/mol. The van der Waals surface area contributed by atoms with Gasteiger partial charge in [-0.2, -0.15) is 0 Å². The van der Waals surface area contributed by atoms with Crippen LogP contribution in [0, 0.1) is 5.92 Å². The first-order valence-electron chi connectivity index (χ1n) is 7.49. The number of aromatic nitrogens is 3. The second-order valence-corrected chi connectivity index (χ2v) is 5.89. The number of aliphatic hydroxyl groups excluding tert-OH is 1. The van der Waals surface area contributed by atoms with Gasteiger partial charge in [-0.25, -0.2) is 0 Å². The molecule has 1 aromatic carbocycles. The van der Waals surface area contributed by atoms with Crippen LogP contribution >= 0.6 is 0 Å². The fourth-order valence-corrected chi connectivity index (χ4v) is 2.94. The molecular weight excluding hydrogens is 264 g/mol. The normalized spacial score (nSPS) is 20.8. The van der Waals surface area contributed by atoms with Crippen LogP contribution in [-0.4, -0.2) is 44.0 Å². The maximum absolute atomic E-state index is 9.68. The molecule has 1 aromatic heterocycles. The number of nitrogens with zero attached hydrogens (tertiary/aromatic N) is 4. The zero-order valence-electron chi connectivity index (χ0n) is 12.6. The van der Waals surface area contributed by atoms with Gasteiger partial charge in [0.05, 0.1) is 12.6 Å². The molecule has 2 atom stereocenters. The zero-order valence-corrected chi connectivity index (χ0v) is 12.6. The number of hydrogen-bond acceptors (Lipinski definition) is 4. The van der Waals surface area contributed by atoms with Crippen molar-refractivity contribution in [1.82, 2.24) is 19.7 Å². The SMILES string of the molecule is CC(O)C1CCN(Cc2nnc(-c3ccccc3)n2C)C1. The topological polar surface area (TPSA) is 54.2 Å². The van der Waals surface area contributed by atoms with E-state index in [-0.39, 0.29) is 6.10 Å².